The molecule has 0 radical (unpaired) electrons. The topological polar surface area (TPSA) is 81.1 Å². The summed E-state index contributed by atoms with van der Waals surface area (Å²) in [4.78, 5) is 12.8. The number of nitrogens with one attached hydrogen (secondary N) is 1. The van der Waals surface area contributed by atoms with E-state index in [9.17, 15) is 13.2 Å². The van der Waals surface area contributed by atoms with Crippen LogP contribution in [-0.4, -0.2) is 42.2 Å². The van der Waals surface area contributed by atoms with E-state index < -0.39 is 9.84 Å². The Hall–Kier alpha value is -2.93. The van der Waals surface area contributed by atoms with Crippen molar-refractivity contribution in [3.8, 4) is 11.3 Å². The smallest absolute Gasteiger partial charge is 0.271 e. The van der Waals surface area contributed by atoms with Gasteiger partial charge in [-0.05, 0) is 55.5 Å². The molecule has 1 aromatic heterocycles. The van der Waals surface area contributed by atoms with E-state index in [2.05, 4.69) is 16.5 Å². The van der Waals surface area contributed by atoms with Crippen LogP contribution in [0.3, 0.4) is 0 Å². The van der Waals surface area contributed by atoms with Crippen molar-refractivity contribution in [1.82, 2.24) is 15.1 Å². The van der Waals surface area contributed by atoms with E-state index in [4.69, 9.17) is 0 Å². The van der Waals surface area contributed by atoms with Gasteiger partial charge in [0.25, 0.3) is 5.91 Å². The van der Waals surface area contributed by atoms with Crippen molar-refractivity contribution in [1.29, 1.82) is 0 Å². The van der Waals surface area contributed by atoms with E-state index >= 15 is 0 Å². The van der Waals surface area contributed by atoms with Gasteiger partial charge in [0, 0.05) is 12.1 Å². The largest absolute Gasteiger partial charge is 0.350 e. The number of amides is 1. The Labute approximate surface area is 183 Å². The predicted octanol–water partition coefficient (Wildman–Crippen LogP) is 3.50. The van der Waals surface area contributed by atoms with Crippen molar-refractivity contribution in [3.63, 3.8) is 0 Å². The third-order valence-electron chi connectivity index (χ3n) is 5.87. The van der Waals surface area contributed by atoms with Gasteiger partial charge >= 0.3 is 0 Å². The standard InChI is InChI=1S/C24H27N3O3S/c1-17-8-9-20(14-18(17)2)23-15-22(26-27(23)21-11-13-31(29,30)16-21)24(28)25-12-10-19-6-4-3-5-7-19/h3-9,14-15,21H,10-13,16H2,1-2H3,(H,25,28)/t21-/m1/s1. The van der Waals surface area contributed by atoms with E-state index in [0.717, 1.165) is 28.8 Å². The minimum atomic E-state index is -3.07. The number of hydrogen-bond donors (Lipinski definition) is 1. The van der Waals surface area contributed by atoms with Gasteiger partial charge in [-0.25, -0.2) is 8.42 Å². The summed E-state index contributed by atoms with van der Waals surface area (Å²) >= 11 is 0. The quantitative estimate of drug-likeness (QED) is 0.640. The summed E-state index contributed by atoms with van der Waals surface area (Å²) in [5.74, 6) is -0.0370. The van der Waals surface area contributed by atoms with Crippen molar-refractivity contribution < 1.29 is 13.2 Å². The lowest BCUT2D eigenvalue weighted by atomic mass is 10.0. The molecular formula is C24H27N3O3S. The molecule has 1 N–H and O–H groups in total. The highest BCUT2D eigenvalue weighted by molar-refractivity contribution is 7.91. The number of nitrogens with zero attached hydrogens (tertiary/aromatic N) is 2. The first-order chi connectivity index (χ1) is 14.8. The molecule has 162 valence electrons. The first kappa shape index (κ1) is 21.3. The molecule has 2 aromatic carbocycles. The summed E-state index contributed by atoms with van der Waals surface area (Å²) in [6.07, 6.45) is 1.25. The third-order valence-corrected chi connectivity index (χ3v) is 7.62. The molecule has 0 saturated carbocycles. The Morgan fingerprint density at radius 3 is 2.55 bits per heavy atom. The van der Waals surface area contributed by atoms with Gasteiger partial charge in [0.15, 0.2) is 15.5 Å². The minimum absolute atomic E-state index is 0.0571. The molecule has 6 nitrogen and oxygen atoms in total. The van der Waals surface area contributed by atoms with Gasteiger partial charge in [-0.3, -0.25) is 9.48 Å². The summed E-state index contributed by atoms with van der Waals surface area (Å²) in [7, 11) is -3.07. The summed E-state index contributed by atoms with van der Waals surface area (Å²) in [5.41, 5.74) is 5.49. The van der Waals surface area contributed by atoms with Crippen LogP contribution in [0.15, 0.2) is 54.6 Å². The average molecular weight is 438 g/mol. The Morgan fingerprint density at radius 2 is 1.87 bits per heavy atom. The van der Waals surface area contributed by atoms with Crippen LogP contribution in [0.1, 0.15) is 39.6 Å². The van der Waals surface area contributed by atoms with Gasteiger partial charge in [0.05, 0.1) is 23.2 Å². The Balaban J connectivity index is 1.59. The lowest BCUT2D eigenvalue weighted by molar-refractivity contribution is 0.0948. The van der Waals surface area contributed by atoms with Crippen molar-refractivity contribution in [2.45, 2.75) is 32.7 Å². The lowest BCUT2D eigenvalue weighted by Gasteiger charge is -2.14. The fourth-order valence-electron chi connectivity index (χ4n) is 3.92. The molecule has 4 rings (SSSR count). The number of carbonyl (C=O) groups is 1. The highest BCUT2D eigenvalue weighted by Gasteiger charge is 2.32. The highest BCUT2D eigenvalue weighted by atomic mass is 32.2. The maximum absolute atomic E-state index is 12.8. The molecule has 0 bridgehead atoms. The molecule has 1 aliphatic heterocycles. The Bertz CT molecular complexity index is 1200. The normalized spacial score (nSPS) is 17.5. The number of sulfone groups is 1. The van der Waals surface area contributed by atoms with Crippen molar-refractivity contribution >= 4 is 15.7 Å². The fraction of sp³-hybridized carbons (Fsp3) is 0.333. The SMILES string of the molecule is Cc1ccc(-c2cc(C(=O)NCCc3ccccc3)nn2[C@@H]2CCS(=O)(=O)C2)cc1C. The summed E-state index contributed by atoms with van der Waals surface area (Å²) < 4.78 is 25.9. The second-order valence-corrected chi connectivity index (χ2v) is 10.4. The second kappa shape index (κ2) is 8.67. The first-order valence-electron chi connectivity index (χ1n) is 10.5. The zero-order chi connectivity index (χ0) is 22.0. The average Bonchev–Trinajstić information content (AvgIpc) is 3.34. The van der Waals surface area contributed by atoms with Gasteiger partial charge in [-0.1, -0.05) is 42.5 Å². The summed E-state index contributed by atoms with van der Waals surface area (Å²) in [6.45, 7) is 4.59. The van der Waals surface area contributed by atoms with Crippen LogP contribution in [0.4, 0.5) is 0 Å². The Morgan fingerprint density at radius 1 is 1.10 bits per heavy atom. The monoisotopic (exact) mass is 437 g/mol. The number of carbonyl (C=O) groups excluding carboxylic acids is 1. The molecule has 31 heavy (non-hydrogen) atoms. The zero-order valence-electron chi connectivity index (χ0n) is 17.8. The van der Waals surface area contributed by atoms with Crippen LogP contribution in [0, 0.1) is 13.8 Å². The molecule has 1 fully saturated rings. The van der Waals surface area contributed by atoms with E-state index in [-0.39, 0.29) is 23.5 Å². The fourth-order valence-corrected chi connectivity index (χ4v) is 5.62. The molecule has 0 spiro atoms. The van der Waals surface area contributed by atoms with Crippen LogP contribution < -0.4 is 5.32 Å². The van der Waals surface area contributed by atoms with Crippen LogP contribution >= 0.6 is 0 Å². The van der Waals surface area contributed by atoms with Crippen LogP contribution in [0.25, 0.3) is 11.3 Å². The van der Waals surface area contributed by atoms with Gasteiger partial charge < -0.3 is 5.32 Å². The Kier molecular flexibility index (Phi) is 5.96. The molecule has 1 aliphatic rings. The lowest BCUT2D eigenvalue weighted by Crippen LogP contribution is -2.26. The van der Waals surface area contributed by atoms with Gasteiger partial charge in [0.2, 0.25) is 0 Å². The molecule has 1 amide bonds. The maximum Gasteiger partial charge on any atom is 0.271 e. The number of hydrogen-bond acceptors (Lipinski definition) is 4. The van der Waals surface area contributed by atoms with Crippen LogP contribution in [-0.2, 0) is 16.3 Å². The molecule has 0 unspecified atom stereocenters. The van der Waals surface area contributed by atoms with E-state index in [1.54, 1.807) is 10.7 Å². The third kappa shape index (κ3) is 4.88. The molecule has 0 aliphatic carbocycles. The number of aromatic nitrogens is 2. The first-order valence-corrected chi connectivity index (χ1v) is 12.3. The molecular weight excluding hydrogens is 410 g/mol. The summed E-state index contributed by atoms with van der Waals surface area (Å²) in [5, 5.41) is 7.49. The van der Waals surface area contributed by atoms with Gasteiger partial charge in [-0.15, -0.1) is 0 Å². The molecule has 7 heteroatoms. The van der Waals surface area contributed by atoms with Gasteiger partial charge in [0.1, 0.15) is 0 Å². The molecule has 1 saturated heterocycles. The minimum Gasteiger partial charge on any atom is -0.350 e. The van der Waals surface area contributed by atoms with Crippen LogP contribution in [0.2, 0.25) is 0 Å². The van der Waals surface area contributed by atoms with Gasteiger partial charge in [-0.2, -0.15) is 5.10 Å². The zero-order valence-corrected chi connectivity index (χ0v) is 18.7. The molecule has 2 heterocycles. The second-order valence-electron chi connectivity index (χ2n) is 8.21. The number of aryl methyl sites for hydroxylation is 2. The highest BCUT2D eigenvalue weighted by Crippen LogP contribution is 2.31. The predicted molar refractivity (Wildman–Crippen MR) is 122 cm³/mol. The number of benzene rings is 2. The summed E-state index contributed by atoms with van der Waals surface area (Å²) in [6, 6.07) is 17.6. The van der Waals surface area contributed by atoms with Crippen LogP contribution in [0.5, 0.6) is 0 Å². The van der Waals surface area contributed by atoms with Crippen molar-refractivity contribution in [3.05, 3.63) is 77.0 Å². The van der Waals surface area contributed by atoms with E-state index in [1.165, 1.54) is 5.56 Å². The maximum atomic E-state index is 12.8. The van der Waals surface area contributed by atoms with Crippen molar-refractivity contribution in [2.24, 2.45) is 0 Å². The molecule has 3 aromatic rings. The van der Waals surface area contributed by atoms with E-state index in [0.29, 0.717) is 18.7 Å². The number of rotatable bonds is 6. The molecule has 1 atom stereocenters. The van der Waals surface area contributed by atoms with E-state index in [1.807, 2.05) is 56.3 Å². The van der Waals surface area contributed by atoms with Crippen molar-refractivity contribution in [2.75, 3.05) is 18.1 Å².